The highest BCUT2D eigenvalue weighted by molar-refractivity contribution is 7.15. The van der Waals surface area contributed by atoms with E-state index in [1.165, 1.54) is 36.9 Å². The third-order valence-corrected chi connectivity index (χ3v) is 5.98. The summed E-state index contributed by atoms with van der Waals surface area (Å²) in [7, 11) is 2.85. The minimum Gasteiger partial charge on any atom is -0.493 e. The van der Waals surface area contributed by atoms with Crippen LogP contribution < -0.4 is 14.8 Å². The molecule has 0 saturated carbocycles. The maximum atomic E-state index is 12.9. The van der Waals surface area contributed by atoms with Crippen LogP contribution in [0.15, 0.2) is 34.5 Å². The molecule has 7 nitrogen and oxygen atoms in total. The fraction of sp³-hybridized carbons (Fsp3) is 0.318. The number of carbonyl (C=O) groups is 2. The summed E-state index contributed by atoms with van der Waals surface area (Å²) in [5.41, 5.74) is 4.21. The van der Waals surface area contributed by atoms with E-state index in [0.29, 0.717) is 40.2 Å². The predicted molar refractivity (Wildman–Crippen MR) is 122 cm³/mol. The number of hydrogen-bond donors (Lipinski definition) is 1. The van der Waals surface area contributed by atoms with Gasteiger partial charge in [0.25, 0.3) is 5.91 Å². The first kappa shape index (κ1) is 22.8. The molecular formula is C22H24N2O5S2. The Hall–Kier alpha value is -2.91. The minimum absolute atomic E-state index is 0.307. The first-order valence-corrected chi connectivity index (χ1v) is 11.4. The number of hydrogen-bond acceptors (Lipinski definition) is 8. The molecule has 164 valence electrons. The van der Waals surface area contributed by atoms with Crippen LogP contribution in [0.1, 0.15) is 45.8 Å². The number of anilines is 1. The summed E-state index contributed by atoms with van der Waals surface area (Å²) < 4.78 is 16.1. The average Bonchev–Trinajstić information content (AvgIpc) is 3.41. The number of rotatable bonds is 9. The molecule has 0 unspecified atom stereocenters. The molecule has 31 heavy (non-hydrogen) atoms. The number of esters is 1. The summed E-state index contributed by atoms with van der Waals surface area (Å²) in [5, 5.41) is 7.09. The number of nitrogens with one attached hydrogen (secondary N) is 1. The van der Waals surface area contributed by atoms with Crippen LogP contribution in [-0.2, 0) is 17.8 Å². The van der Waals surface area contributed by atoms with Crippen LogP contribution in [0.2, 0.25) is 0 Å². The van der Waals surface area contributed by atoms with E-state index in [1.807, 2.05) is 10.8 Å². The highest BCUT2D eigenvalue weighted by Gasteiger charge is 2.22. The molecule has 0 aliphatic carbocycles. The van der Waals surface area contributed by atoms with Crippen molar-refractivity contribution in [2.75, 3.05) is 19.5 Å². The summed E-state index contributed by atoms with van der Waals surface area (Å²) in [6.45, 7) is 4.45. The molecule has 0 radical (unpaired) electrons. The van der Waals surface area contributed by atoms with E-state index in [1.54, 1.807) is 23.7 Å². The van der Waals surface area contributed by atoms with Gasteiger partial charge in [-0.2, -0.15) is 0 Å². The number of methoxy groups -OCH3 is 2. The molecule has 3 rings (SSSR count). The maximum absolute atomic E-state index is 12.9. The highest BCUT2D eigenvalue weighted by atomic mass is 32.1. The standard InChI is InChI=1S/C22H24N2O5S2/c1-13(2)7-15-10-31-21(19(15)22(26)28-4)24-20(25)14-5-6-17(18(8-14)27-3)29-9-16-11-30-12-23-16/h5-6,8,10-13H,7,9H2,1-4H3,(H,24,25). The summed E-state index contributed by atoms with van der Waals surface area (Å²) in [5.74, 6) is 0.492. The molecule has 0 bridgehead atoms. The Morgan fingerprint density at radius 2 is 1.97 bits per heavy atom. The lowest BCUT2D eigenvalue weighted by atomic mass is 10.0. The number of ether oxygens (including phenoxy) is 3. The third-order valence-electron chi connectivity index (χ3n) is 4.40. The third kappa shape index (κ3) is 5.62. The Labute approximate surface area is 189 Å². The first-order valence-electron chi connectivity index (χ1n) is 9.60. The lowest BCUT2D eigenvalue weighted by Crippen LogP contribution is -2.15. The van der Waals surface area contributed by atoms with Crippen LogP contribution in [0, 0.1) is 5.92 Å². The van der Waals surface area contributed by atoms with E-state index in [-0.39, 0.29) is 5.91 Å². The van der Waals surface area contributed by atoms with Gasteiger partial charge in [0.05, 0.1) is 31.0 Å². The van der Waals surface area contributed by atoms with E-state index < -0.39 is 5.97 Å². The van der Waals surface area contributed by atoms with E-state index in [9.17, 15) is 9.59 Å². The van der Waals surface area contributed by atoms with Crippen LogP contribution in [0.5, 0.6) is 11.5 Å². The molecule has 2 heterocycles. The quantitative estimate of drug-likeness (QED) is 0.451. The molecular weight excluding hydrogens is 436 g/mol. The van der Waals surface area contributed by atoms with Crippen molar-refractivity contribution in [3.05, 3.63) is 56.9 Å². The van der Waals surface area contributed by atoms with Gasteiger partial charge in [0.1, 0.15) is 11.6 Å². The van der Waals surface area contributed by atoms with Crippen LogP contribution in [0.4, 0.5) is 5.00 Å². The van der Waals surface area contributed by atoms with Crippen molar-refractivity contribution >= 4 is 39.6 Å². The number of aromatic nitrogens is 1. The van der Waals surface area contributed by atoms with Crippen molar-refractivity contribution in [3.63, 3.8) is 0 Å². The molecule has 3 aromatic rings. The zero-order chi connectivity index (χ0) is 22.4. The molecule has 0 spiro atoms. The van der Waals surface area contributed by atoms with Gasteiger partial charge in [0.2, 0.25) is 0 Å². The van der Waals surface area contributed by atoms with Gasteiger partial charge in [-0.25, -0.2) is 9.78 Å². The monoisotopic (exact) mass is 460 g/mol. The van der Waals surface area contributed by atoms with Crippen molar-refractivity contribution in [3.8, 4) is 11.5 Å². The normalized spacial score (nSPS) is 10.7. The van der Waals surface area contributed by atoms with Crippen molar-refractivity contribution in [2.45, 2.75) is 26.9 Å². The molecule has 1 aromatic carbocycles. The molecule has 0 aliphatic rings. The first-order chi connectivity index (χ1) is 14.9. The molecule has 0 atom stereocenters. The van der Waals surface area contributed by atoms with Crippen molar-refractivity contribution in [1.82, 2.24) is 4.98 Å². The van der Waals surface area contributed by atoms with Gasteiger partial charge in [-0.05, 0) is 41.5 Å². The summed E-state index contributed by atoms with van der Waals surface area (Å²) >= 11 is 2.80. The summed E-state index contributed by atoms with van der Waals surface area (Å²) in [6, 6.07) is 4.93. The molecule has 0 saturated heterocycles. The summed E-state index contributed by atoms with van der Waals surface area (Å²) in [6.07, 6.45) is 0.718. The number of nitrogens with zero attached hydrogens (tertiary/aromatic N) is 1. The van der Waals surface area contributed by atoms with E-state index in [4.69, 9.17) is 14.2 Å². The molecule has 0 fully saturated rings. The minimum atomic E-state index is -0.462. The van der Waals surface area contributed by atoms with Gasteiger partial charge in [-0.3, -0.25) is 4.79 Å². The largest absolute Gasteiger partial charge is 0.493 e. The van der Waals surface area contributed by atoms with Gasteiger partial charge < -0.3 is 19.5 Å². The van der Waals surface area contributed by atoms with Gasteiger partial charge in [-0.15, -0.1) is 22.7 Å². The second-order valence-corrected chi connectivity index (χ2v) is 8.74. The Morgan fingerprint density at radius 1 is 1.16 bits per heavy atom. The lowest BCUT2D eigenvalue weighted by molar-refractivity contribution is 0.0601. The second kappa shape index (κ2) is 10.4. The van der Waals surface area contributed by atoms with Gasteiger partial charge in [-0.1, -0.05) is 13.8 Å². The molecule has 1 N–H and O–H groups in total. The van der Waals surface area contributed by atoms with Crippen molar-refractivity contribution in [2.24, 2.45) is 5.92 Å². The van der Waals surface area contributed by atoms with Crippen LogP contribution in [0.25, 0.3) is 0 Å². The van der Waals surface area contributed by atoms with Crippen LogP contribution in [0.3, 0.4) is 0 Å². The number of amides is 1. The molecule has 1 amide bonds. The molecule has 9 heteroatoms. The highest BCUT2D eigenvalue weighted by Crippen LogP contribution is 2.33. The molecule has 2 aromatic heterocycles. The van der Waals surface area contributed by atoms with Crippen LogP contribution in [-0.4, -0.2) is 31.1 Å². The SMILES string of the molecule is COC(=O)c1c(CC(C)C)csc1NC(=O)c1ccc(OCc2cscn2)c(OC)c1. The fourth-order valence-corrected chi connectivity index (χ4v) is 4.47. The lowest BCUT2D eigenvalue weighted by Gasteiger charge is -2.12. The van der Waals surface area contributed by atoms with Gasteiger partial charge >= 0.3 is 5.97 Å². The Bertz CT molecular complexity index is 1040. The van der Waals surface area contributed by atoms with Crippen molar-refractivity contribution in [1.29, 1.82) is 0 Å². The number of thiazole rings is 1. The van der Waals surface area contributed by atoms with E-state index in [0.717, 1.165) is 17.7 Å². The van der Waals surface area contributed by atoms with Gasteiger partial charge in [0.15, 0.2) is 11.5 Å². The number of thiophene rings is 1. The van der Waals surface area contributed by atoms with Gasteiger partial charge in [0, 0.05) is 10.9 Å². The van der Waals surface area contributed by atoms with Crippen molar-refractivity contribution < 1.29 is 23.8 Å². The second-order valence-electron chi connectivity index (χ2n) is 7.14. The zero-order valence-electron chi connectivity index (χ0n) is 17.8. The average molecular weight is 461 g/mol. The number of benzene rings is 1. The Morgan fingerprint density at radius 3 is 2.61 bits per heavy atom. The Kier molecular flexibility index (Phi) is 7.64. The van der Waals surface area contributed by atoms with Crippen LogP contribution >= 0.6 is 22.7 Å². The topological polar surface area (TPSA) is 86.8 Å². The molecule has 0 aliphatic heterocycles. The maximum Gasteiger partial charge on any atom is 0.341 e. The fourth-order valence-electron chi connectivity index (χ4n) is 2.97. The van der Waals surface area contributed by atoms with E-state index in [2.05, 4.69) is 24.1 Å². The smallest absolute Gasteiger partial charge is 0.341 e. The zero-order valence-corrected chi connectivity index (χ0v) is 19.4. The number of carbonyl (C=O) groups excluding carboxylic acids is 2. The Balaban J connectivity index is 1.78. The summed E-state index contributed by atoms with van der Waals surface area (Å²) in [4.78, 5) is 29.4. The predicted octanol–water partition coefficient (Wildman–Crippen LogP) is 5.03. The van der Waals surface area contributed by atoms with E-state index >= 15 is 0 Å².